The van der Waals surface area contributed by atoms with E-state index in [0.717, 1.165) is 12.8 Å². The molecule has 1 aliphatic carbocycles. The third kappa shape index (κ3) is 2.47. The third-order valence-corrected chi connectivity index (χ3v) is 2.79. The highest BCUT2D eigenvalue weighted by molar-refractivity contribution is 5.81. The van der Waals surface area contributed by atoms with Crippen molar-refractivity contribution in [2.75, 3.05) is 13.1 Å². The van der Waals surface area contributed by atoms with E-state index in [1.807, 2.05) is 25.7 Å². The summed E-state index contributed by atoms with van der Waals surface area (Å²) < 4.78 is 0. The van der Waals surface area contributed by atoms with Crippen LogP contribution in [0.5, 0.6) is 0 Å². The second kappa shape index (κ2) is 4.30. The fourth-order valence-electron chi connectivity index (χ4n) is 1.72. The molecule has 0 atom stereocenters. The molecule has 0 aromatic rings. The van der Waals surface area contributed by atoms with Crippen LogP contribution in [-0.4, -0.2) is 29.9 Å². The molecular weight excluding hydrogens is 176 g/mol. The number of amides is 1. The topological polar surface area (TPSA) is 46.3 Å². The van der Waals surface area contributed by atoms with E-state index in [0.29, 0.717) is 19.1 Å². The second-order valence-electron chi connectivity index (χ2n) is 5.12. The molecule has 3 heteroatoms. The minimum Gasteiger partial charge on any atom is -0.338 e. The lowest BCUT2D eigenvalue weighted by atomic mass is 9.87. The van der Waals surface area contributed by atoms with E-state index in [1.165, 1.54) is 6.42 Å². The molecule has 0 aromatic heterocycles. The highest BCUT2D eigenvalue weighted by Crippen LogP contribution is 2.28. The summed E-state index contributed by atoms with van der Waals surface area (Å²) in [6, 6.07) is 0.463. The second-order valence-corrected chi connectivity index (χ2v) is 5.12. The summed E-state index contributed by atoms with van der Waals surface area (Å²) in [6.07, 6.45) is 3.56. The maximum Gasteiger partial charge on any atom is 0.228 e. The van der Waals surface area contributed by atoms with Crippen LogP contribution in [0.3, 0.4) is 0 Å². The quantitative estimate of drug-likeness (QED) is 0.744. The van der Waals surface area contributed by atoms with Crippen molar-refractivity contribution in [3.63, 3.8) is 0 Å². The van der Waals surface area contributed by atoms with Crippen LogP contribution >= 0.6 is 0 Å². The van der Waals surface area contributed by atoms with Crippen LogP contribution in [0.2, 0.25) is 0 Å². The van der Waals surface area contributed by atoms with Gasteiger partial charge in [-0.15, -0.1) is 0 Å². The van der Waals surface area contributed by atoms with Gasteiger partial charge in [-0.05, 0) is 19.3 Å². The van der Waals surface area contributed by atoms with Crippen LogP contribution in [0.4, 0.5) is 0 Å². The molecule has 14 heavy (non-hydrogen) atoms. The standard InChI is InChI=1S/C11H22N2O/c1-11(2,3)10(14)13(8-7-12)9-5-4-6-9/h9H,4-8,12H2,1-3H3. The van der Waals surface area contributed by atoms with E-state index in [-0.39, 0.29) is 11.3 Å². The highest BCUT2D eigenvalue weighted by Gasteiger charge is 2.33. The molecule has 0 aromatic carbocycles. The van der Waals surface area contributed by atoms with E-state index in [4.69, 9.17) is 5.73 Å². The Balaban J connectivity index is 2.61. The average Bonchev–Trinajstić information content (AvgIpc) is 1.97. The minimum atomic E-state index is -0.273. The lowest BCUT2D eigenvalue weighted by Gasteiger charge is -2.40. The monoisotopic (exact) mass is 198 g/mol. The first-order chi connectivity index (χ1) is 6.46. The predicted molar refractivity (Wildman–Crippen MR) is 57.9 cm³/mol. The highest BCUT2D eigenvalue weighted by atomic mass is 16.2. The van der Waals surface area contributed by atoms with Crippen molar-refractivity contribution in [3.8, 4) is 0 Å². The largest absolute Gasteiger partial charge is 0.338 e. The van der Waals surface area contributed by atoms with Gasteiger partial charge in [-0.2, -0.15) is 0 Å². The fraction of sp³-hybridized carbons (Fsp3) is 0.909. The van der Waals surface area contributed by atoms with Crippen molar-refractivity contribution in [3.05, 3.63) is 0 Å². The molecule has 0 radical (unpaired) electrons. The number of hydrogen-bond acceptors (Lipinski definition) is 2. The SMILES string of the molecule is CC(C)(C)C(=O)N(CCN)C1CCC1. The molecule has 0 heterocycles. The van der Waals surface area contributed by atoms with Gasteiger partial charge < -0.3 is 10.6 Å². The van der Waals surface area contributed by atoms with Crippen LogP contribution in [0.25, 0.3) is 0 Å². The molecule has 0 bridgehead atoms. The lowest BCUT2D eigenvalue weighted by Crippen LogP contribution is -2.50. The zero-order valence-electron chi connectivity index (χ0n) is 9.55. The summed E-state index contributed by atoms with van der Waals surface area (Å²) in [6.45, 7) is 7.19. The Kier molecular flexibility index (Phi) is 3.53. The molecule has 1 fully saturated rings. The first-order valence-electron chi connectivity index (χ1n) is 5.48. The molecule has 1 amide bonds. The number of rotatable bonds is 3. The van der Waals surface area contributed by atoms with E-state index >= 15 is 0 Å². The summed E-state index contributed by atoms with van der Waals surface area (Å²) in [4.78, 5) is 14.0. The Labute approximate surface area is 86.6 Å². The first kappa shape index (κ1) is 11.5. The van der Waals surface area contributed by atoms with Crippen molar-refractivity contribution in [2.24, 2.45) is 11.1 Å². The summed E-state index contributed by atoms with van der Waals surface area (Å²) >= 11 is 0. The van der Waals surface area contributed by atoms with Gasteiger partial charge in [0.2, 0.25) is 5.91 Å². The number of carbonyl (C=O) groups is 1. The van der Waals surface area contributed by atoms with Gasteiger partial charge in [0.25, 0.3) is 0 Å². The summed E-state index contributed by atoms with van der Waals surface area (Å²) in [7, 11) is 0. The molecule has 2 N–H and O–H groups in total. The Bertz CT molecular complexity index is 204. The van der Waals surface area contributed by atoms with Gasteiger partial charge in [-0.1, -0.05) is 20.8 Å². The zero-order chi connectivity index (χ0) is 10.8. The average molecular weight is 198 g/mol. The predicted octanol–water partition coefficient (Wildman–Crippen LogP) is 1.37. The number of carbonyl (C=O) groups excluding carboxylic acids is 1. The minimum absolute atomic E-state index is 0.243. The van der Waals surface area contributed by atoms with Gasteiger partial charge in [0.15, 0.2) is 0 Å². The number of nitrogens with two attached hydrogens (primary N) is 1. The lowest BCUT2D eigenvalue weighted by molar-refractivity contribution is -0.143. The first-order valence-corrected chi connectivity index (χ1v) is 5.48. The molecule has 1 aliphatic rings. The summed E-state index contributed by atoms with van der Waals surface area (Å²) in [5.74, 6) is 0.243. The van der Waals surface area contributed by atoms with Gasteiger partial charge in [-0.25, -0.2) is 0 Å². The molecule has 0 saturated heterocycles. The van der Waals surface area contributed by atoms with Crippen LogP contribution < -0.4 is 5.73 Å². The molecule has 0 unspecified atom stereocenters. The Hall–Kier alpha value is -0.570. The van der Waals surface area contributed by atoms with Gasteiger partial charge in [0.1, 0.15) is 0 Å². The van der Waals surface area contributed by atoms with Crippen molar-refractivity contribution in [1.29, 1.82) is 0 Å². The molecule has 82 valence electrons. The molecule has 0 spiro atoms. The van der Waals surface area contributed by atoms with E-state index in [9.17, 15) is 4.79 Å². The van der Waals surface area contributed by atoms with Crippen LogP contribution in [0.15, 0.2) is 0 Å². The van der Waals surface area contributed by atoms with Crippen molar-refractivity contribution in [2.45, 2.75) is 46.1 Å². The number of nitrogens with zero attached hydrogens (tertiary/aromatic N) is 1. The van der Waals surface area contributed by atoms with Gasteiger partial charge in [0.05, 0.1) is 0 Å². The molecular formula is C11H22N2O. The van der Waals surface area contributed by atoms with Gasteiger partial charge in [-0.3, -0.25) is 4.79 Å². The normalized spacial score (nSPS) is 17.7. The summed E-state index contributed by atoms with van der Waals surface area (Å²) in [5.41, 5.74) is 5.26. The van der Waals surface area contributed by atoms with E-state index < -0.39 is 0 Å². The zero-order valence-corrected chi connectivity index (χ0v) is 9.55. The molecule has 1 rings (SSSR count). The number of hydrogen-bond donors (Lipinski definition) is 1. The smallest absolute Gasteiger partial charge is 0.228 e. The Morgan fingerprint density at radius 1 is 1.43 bits per heavy atom. The maximum atomic E-state index is 12.1. The fourth-order valence-corrected chi connectivity index (χ4v) is 1.72. The Morgan fingerprint density at radius 3 is 2.29 bits per heavy atom. The van der Waals surface area contributed by atoms with Crippen molar-refractivity contribution >= 4 is 5.91 Å². The van der Waals surface area contributed by atoms with Crippen LogP contribution in [0, 0.1) is 5.41 Å². The van der Waals surface area contributed by atoms with Gasteiger partial charge in [0, 0.05) is 24.5 Å². The van der Waals surface area contributed by atoms with Crippen LogP contribution in [-0.2, 0) is 4.79 Å². The molecule has 0 aliphatic heterocycles. The molecule has 1 saturated carbocycles. The van der Waals surface area contributed by atoms with Crippen molar-refractivity contribution in [1.82, 2.24) is 4.90 Å². The third-order valence-electron chi connectivity index (χ3n) is 2.79. The Morgan fingerprint density at radius 2 is 2.00 bits per heavy atom. The van der Waals surface area contributed by atoms with Crippen molar-refractivity contribution < 1.29 is 4.79 Å². The molecule has 3 nitrogen and oxygen atoms in total. The summed E-state index contributed by atoms with van der Waals surface area (Å²) in [5, 5.41) is 0. The maximum absolute atomic E-state index is 12.1. The van der Waals surface area contributed by atoms with Crippen LogP contribution in [0.1, 0.15) is 40.0 Å². The van der Waals surface area contributed by atoms with Gasteiger partial charge >= 0.3 is 0 Å². The van der Waals surface area contributed by atoms with E-state index in [2.05, 4.69) is 0 Å². The van der Waals surface area contributed by atoms with E-state index in [1.54, 1.807) is 0 Å².